The van der Waals surface area contributed by atoms with Crippen LogP contribution in [0.4, 0.5) is 11.4 Å². The molecule has 6 nitrogen and oxygen atoms in total. The van der Waals surface area contributed by atoms with E-state index in [-0.39, 0.29) is 18.2 Å². The topological polar surface area (TPSA) is 67.9 Å². The maximum atomic E-state index is 12.6. The Hall–Kier alpha value is -3.02. The molecule has 0 aromatic heterocycles. The van der Waals surface area contributed by atoms with Gasteiger partial charge in [0.2, 0.25) is 11.8 Å². The minimum atomic E-state index is -0.414. The van der Waals surface area contributed by atoms with Gasteiger partial charge in [-0.3, -0.25) is 9.59 Å². The van der Waals surface area contributed by atoms with Crippen LogP contribution in [0.2, 0.25) is 0 Å². The zero-order valence-electron chi connectivity index (χ0n) is 14.9. The zero-order valence-corrected chi connectivity index (χ0v) is 14.9. The fourth-order valence-electron chi connectivity index (χ4n) is 3.02. The number of nitrogens with zero attached hydrogens (tertiary/aromatic N) is 1. The van der Waals surface area contributed by atoms with Gasteiger partial charge in [0, 0.05) is 24.7 Å². The smallest absolute Gasteiger partial charge is 0.229 e. The van der Waals surface area contributed by atoms with Crippen molar-refractivity contribution in [2.45, 2.75) is 13.3 Å². The van der Waals surface area contributed by atoms with Crippen molar-refractivity contribution in [1.82, 2.24) is 0 Å². The van der Waals surface area contributed by atoms with Crippen molar-refractivity contribution in [2.75, 3.05) is 30.5 Å². The molecule has 136 valence electrons. The van der Waals surface area contributed by atoms with E-state index in [0.29, 0.717) is 36.0 Å². The number of methoxy groups -OCH3 is 1. The van der Waals surface area contributed by atoms with Crippen LogP contribution in [0.25, 0.3) is 0 Å². The lowest BCUT2D eigenvalue weighted by Crippen LogP contribution is -2.28. The summed E-state index contributed by atoms with van der Waals surface area (Å²) >= 11 is 0. The Bertz CT molecular complexity index is 806. The molecule has 1 aliphatic heterocycles. The predicted molar refractivity (Wildman–Crippen MR) is 99.7 cm³/mol. The molecule has 0 saturated carbocycles. The first-order chi connectivity index (χ1) is 12.6. The number of anilines is 2. The SMILES string of the molecule is CCOc1ccccc1N1C[C@@H](C(=O)Nc2cccc(OC)c2)CC1=O. The minimum Gasteiger partial charge on any atom is -0.497 e. The summed E-state index contributed by atoms with van der Waals surface area (Å²) in [7, 11) is 1.57. The maximum absolute atomic E-state index is 12.6. The summed E-state index contributed by atoms with van der Waals surface area (Å²) in [4.78, 5) is 26.7. The molecule has 0 unspecified atom stereocenters. The third-order valence-electron chi connectivity index (χ3n) is 4.29. The van der Waals surface area contributed by atoms with Crippen LogP contribution in [0.3, 0.4) is 0 Å². The Morgan fingerprint density at radius 1 is 1.23 bits per heavy atom. The summed E-state index contributed by atoms with van der Waals surface area (Å²) in [5, 5.41) is 2.86. The number of carbonyl (C=O) groups is 2. The Labute approximate surface area is 152 Å². The molecule has 0 spiro atoms. The molecule has 1 saturated heterocycles. The largest absolute Gasteiger partial charge is 0.497 e. The molecule has 0 aliphatic carbocycles. The van der Waals surface area contributed by atoms with Gasteiger partial charge >= 0.3 is 0 Å². The number of hydrogen-bond acceptors (Lipinski definition) is 4. The normalized spacial score (nSPS) is 16.5. The summed E-state index contributed by atoms with van der Waals surface area (Å²) in [6.45, 7) is 2.74. The molecule has 3 rings (SSSR count). The monoisotopic (exact) mass is 354 g/mol. The van der Waals surface area contributed by atoms with Crippen molar-refractivity contribution in [3.8, 4) is 11.5 Å². The second kappa shape index (κ2) is 7.91. The van der Waals surface area contributed by atoms with Gasteiger partial charge in [-0.25, -0.2) is 0 Å². The first kappa shape index (κ1) is 17.8. The first-order valence-corrected chi connectivity index (χ1v) is 8.59. The summed E-state index contributed by atoms with van der Waals surface area (Å²) in [5.74, 6) is 0.643. The summed E-state index contributed by atoms with van der Waals surface area (Å²) < 4.78 is 10.8. The van der Waals surface area contributed by atoms with Crippen molar-refractivity contribution < 1.29 is 19.1 Å². The molecule has 0 radical (unpaired) electrons. The van der Waals surface area contributed by atoms with Crippen molar-refractivity contribution in [2.24, 2.45) is 5.92 Å². The van der Waals surface area contributed by atoms with E-state index in [1.54, 1.807) is 36.3 Å². The van der Waals surface area contributed by atoms with E-state index in [1.165, 1.54) is 0 Å². The number of ether oxygens (including phenoxy) is 2. The predicted octanol–water partition coefficient (Wildman–Crippen LogP) is 3.09. The molecule has 1 atom stereocenters. The van der Waals surface area contributed by atoms with E-state index in [9.17, 15) is 9.59 Å². The van der Waals surface area contributed by atoms with E-state index in [2.05, 4.69) is 5.32 Å². The zero-order chi connectivity index (χ0) is 18.5. The highest BCUT2D eigenvalue weighted by Crippen LogP contribution is 2.33. The Kier molecular flexibility index (Phi) is 5.41. The van der Waals surface area contributed by atoms with Crippen molar-refractivity contribution in [1.29, 1.82) is 0 Å². The molecule has 2 aromatic carbocycles. The van der Waals surface area contributed by atoms with Crippen molar-refractivity contribution in [3.63, 3.8) is 0 Å². The summed E-state index contributed by atoms with van der Waals surface area (Å²) in [6.07, 6.45) is 0.177. The number of benzene rings is 2. The number of para-hydroxylation sites is 2. The molecular formula is C20H22N2O4. The molecule has 1 N–H and O–H groups in total. The molecule has 6 heteroatoms. The van der Waals surface area contributed by atoms with Gasteiger partial charge in [0.1, 0.15) is 11.5 Å². The van der Waals surface area contributed by atoms with Gasteiger partial charge < -0.3 is 19.7 Å². The quantitative estimate of drug-likeness (QED) is 0.866. The van der Waals surface area contributed by atoms with E-state index >= 15 is 0 Å². The summed E-state index contributed by atoms with van der Waals surface area (Å²) in [5.41, 5.74) is 1.35. The van der Waals surface area contributed by atoms with E-state index in [0.717, 1.165) is 0 Å². The average Bonchev–Trinajstić information content (AvgIpc) is 3.04. The van der Waals surface area contributed by atoms with Gasteiger partial charge in [0.25, 0.3) is 0 Å². The van der Waals surface area contributed by atoms with E-state index in [1.807, 2.05) is 31.2 Å². The Morgan fingerprint density at radius 3 is 2.81 bits per heavy atom. The van der Waals surface area contributed by atoms with Crippen LogP contribution < -0.4 is 19.7 Å². The van der Waals surface area contributed by atoms with Gasteiger partial charge in [0.15, 0.2) is 0 Å². The molecule has 0 bridgehead atoms. The second-order valence-electron chi connectivity index (χ2n) is 6.03. The lowest BCUT2D eigenvalue weighted by molar-refractivity contribution is -0.122. The van der Waals surface area contributed by atoms with E-state index < -0.39 is 5.92 Å². The van der Waals surface area contributed by atoms with Gasteiger partial charge in [-0.2, -0.15) is 0 Å². The van der Waals surface area contributed by atoms with Crippen LogP contribution >= 0.6 is 0 Å². The number of carbonyl (C=O) groups excluding carboxylic acids is 2. The minimum absolute atomic E-state index is 0.0806. The number of amides is 2. The summed E-state index contributed by atoms with van der Waals surface area (Å²) in [6, 6.07) is 14.5. The molecular weight excluding hydrogens is 332 g/mol. The van der Waals surface area contributed by atoms with Gasteiger partial charge in [-0.05, 0) is 31.2 Å². The van der Waals surface area contributed by atoms with Crippen LogP contribution in [0.1, 0.15) is 13.3 Å². The molecule has 1 aliphatic rings. The molecule has 1 fully saturated rings. The number of rotatable bonds is 6. The fraction of sp³-hybridized carbons (Fsp3) is 0.300. The molecule has 2 aromatic rings. The maximum Gasteiger partial charge on any atom is 0.229 e. The molecule has 1 heterocycles. The van der Waals surface area contributed by atoms with Crippen molar-refractivity contribution in [3.05, 3.63) is 48.5 Å². The standard InChI is InChI=1S/C20H22N2O4/c1-3-26-18-10-5-4-9-17(18)22-13-14(11-19(22)23)20(24)21-15-7-6-8-16(12-15)25-2/h4-10,12,14H,3,11,13H2,1-2H3,(H,21,24)/t14-/m0/s1. The Morgan fingerprint density at radius 2 is 2.04 bits per heavy atom. The second-order valence-corrected chi connectivity index (χ2v) is 6.03. The third-order valence-corrected chi connectivity index (χ3v) is 4.29. The number of hydrogen-bond donors (Lipinski definition) is 1. The molecule has 26 heavy (non-hydrogen) atoms. The van der Waals surface area contributed by atoms with Gasteiger partial charge in [-0.15, -0.1) is 0 Å². The van der Waals surface area contributed by atoms with Crippen molar-refractivity contribution >= 4 is 23.2 Å². The van der Waals surface area contributed by atoms with E-state index in [4.69, 9.17) is 9.47 Å². The average molecular weight is 354 g/mol. The van der Waals surface area contributed by atoms with Gasteiger partial charge in [-0.1, -0.05) is 18.2 Å². The Balaban J connectivity index is 1.72. The van der Waals surface area contributed by atoms with Crippen LogP contribution in [0.15, 0.2) is 48.5 Å². The highest BCUT2D eigenvalue weighted by molar-refractivity contribution is 6.04. The third kappa shape index (κ3) is 3.79. The van der Waals surface area contributed by atoms with Crippen LogP contribution in [0.5, 0.6) is 11.5 Å². The van der Waals surface area contributed by atoms with Gasteiger partial charge in [0.05, 0.1) is 25.3 Å². The number of nitrogens with one attached hydrogen (secondary N) is 1. The van der Waals surface area contributed by atoms with Crippen LogP contribution in [-0.4, -0.2) is 32.1 Å². The highest BCUT2D eigenvalue weighted by atomic mass is 16.5. The first-order valence-electron chi connectivity index (χ1n) is 8.59. The fourth-order valence-corrected chi connectivity index (χ4v) is 3.02. The lowest BCUT2D eigenvalue weighted by atomic mass is 10.1. The highest BCUT2D eigenvalue weighted by Gasteiger charge is 2.36. The molecule has 2 amide bonds. The van der Waals surface area contributed by atoms with Crippen LogP contribution in [-0.2, 0) is 9.59 Å². The van der Waals surface area contributed by atoms with Crippen LogP contribution in [0, 0.1) is 5.92 Å². The lowest BCUT2D eigenvalue weighted by Gasteiger charge is -2.20.